The van der Waals surface area contributed by atoms with Crippen molar-refractivity contribution < 1.29 is 9.90 Å². The number of carboxylic acid groups (broad SMARTS) is 1. The summed E-state index contributed by atoms with van der Waals surface area (Å²) < 4.78 is 1.89. The molecular weight excluding hydrogens is 326 g/mol. The summed E-state index contributed by atoms with van der Waals surface area (Å²) >= 11 is 2.25. The second-order valence-electron chi connectivity index (χ2n) is 3.12. The second kappa shape index (κ2) is 4.06. The van der Waals surface area contributed by atoms with Gasteiger partial charge in [0, 0.05) is 5.39 Å². The molecule has 0 aliphatic carbocycles. The molecule has 0 spiro atoms. The molecule has 2 aromatic rings. The fourth-order valence-electron chi connectivity index (χ4n) is 1.47. The van der Waals surface area contributed by atoms with E-state index in [0.717, 1.165) is 16.6 Å². The molecule has 0 aliphatic heterocycles. The van der Waals surface area contributed by atoms with Crippen LogP contribution in [0.1, 0.15) is 16.1 Å². The second-order valence-corrected chi connectivity index (χ2v) is 5.16. The van der Waals surface area contributed by atoms with Crippen LogP contribution in [0.5, 0.6) is 0 Å². The Hall–Kier alpha value is -0.680. The summed E-state index contributed by atoms with van der Waals surface area (Å²) in [5.41, 5.74) is 2.17. The van der Waals surface area contributed by atoms with E-state index in [4.69, 9.17) is 5.11 Å². The van der Waals surface area contributed by atoms with Gasteiger partial charge in [0.05, 0.1) is 23.1 Å². The zero-order valence-electron chi connectivity index (χ0n) is 7.86. The number of fused-ring (bicyclic) bond motifs is 1. The standard InChI is InChI=1S/C9H8IN2O2P/c1-5-7-4-6(9(13)14)2-3-8(7)12(11-5)15-10/h2-4,15H,1H3,(H,13,14). The zero-order valence-corrected chi connectivity index (χ0v) is 11.0. The van der Waals surface area contributed by atoms with Crippen LogP contribution in [0.25, 0.3) is 10.9 Å². The summed E-state index contributed by atoms with van der Waals surface area (Å²) in [6, 6.07) is 5.09. The number of aryl methyl sites for hydroxylation is 1. The van der Waals surface area contributed by atoms with Gasteiger partial charge >= 0.3 is 5.97 Å². The van der Waals surface area contributed by atoms with Crippen LogP contribution in [0.15, 0.2) is 18.2 Å². The van der Waals surface area contributed by atoms with E-state index in [9.17, 15) is 4.79 Å². The predicted molar refractivity (Wildman–Crippen MR) is 69.2 cm³/mol. The van der Waals surface area contributed by atoms with Crippen molar-refractivity contribution in [3.63, 3.8) is 0 Å². The van der Waals surface area contributed by atoms with Gasteiger partial charge in [0.1, 0.15) is 0 Å². The topological polar surface area (TPSA) is 55.1 Å². The maximum absolute atomic E-state index is 10.8. The molecule has 0 saturated carbocycles. The first kappa shape index (κ1) is 10.8. The Morgan fingerprint density at radius 1 is 1.60 bits per heavy atom. The van der Waals surface area contributed by atoms with E-state index in [1.54, 1.807) is 12.1 Å². The van der Waals surface area contributed by atoms with Gasteiger partial charge in [-0.25, -0.2) is 9.25 Å². The van der Waals surface area contributed by atoms with Crippen molar-refractivity contribution in [2.24, 2.45) is 0 Å². The highest BCUT2D eigenvalue weighted by Gasteiger charge is 2.09. The first-order valence-corrected chi connectivity index (χ1v) is 8.29. The van der Waals surface area contributed by atoms with Crippen LogP contribution >= 0.6 is 28.4 Å². The van der Waals surface area contributed by atoms with Crippen molar-refractivity contribution in [3.05, 3.63) is 29.5 Å². The number of rotatable bonds is 2. The average Bonchev–Trinajstić information content (AvgIpc) is 2.55. The third-order valence-corrected chi connectivity index (χ3v) is 4.06. The maximum atomic E-state index is 10.8. The quantitative estimate of drug-likeness (QED) is 0.679. The van der Waals surface area contributed by atoms with Gasteiger partial charge in [-0.3, -0.25) is 0 Å². The molecular formula is C9H8IN2O2P. The molecule has 1 atom stereocenters. The third kappa shape index (κ3) is 1.86. The Kier molecular flexibility index (Phi) is 2.93. The molecule has 1 aromatic heterocycles. The number of carbonyl (C=O) groups is 1. The van der Waals surface area contributed by atoms with Gasteiger partial charge in [-0.05, 0) is 47.2 Å². The molecule has 4 nitrogen and oxygen atoms in total. The molecule has 1 aromatic carbocycles. The largest absolute Gasteiger partial charge is 0.478 e. The first-order chi connectivity index (χ1) is 7.13. The fourth-order valence-corrected chi connectivity index (χ4v) is 3.04. The summed E-state index contributed by atoms with van der Waals surface area (Å²) in [5, 5.41) is 14.1. The smallest absolute Gasteiger partial charge is 0.335 e. The Morgan fingerprint density at radius 3 is 2.93 bits per heavy atom. The molecule has 0 radical (unpaired) electrons. The molecule has 0 bridgehead atoms. The molecule has 2 rings (SSSR count). The summed E-state index contributed by atoms with van der Waals surface area (Å²) in [6.45, 7) is 1.89. The summed E-state index contributed by atoms with van der Waals surface area (Å²) in [6.07, 6.45) is 0.524. The van der Waals surface area contributed by atoms with Crippen LogP contribution in [-0.2, 0) is 0 Å². The average molecular weight is 334 g/mol. The van der Waals surface area contributed by atoms with Crippen LogP contribution in [-0.4, -0.2) is 20.6 Å². The van der Waals surface area contributed by atoms with Gasteiger partial charge in [0.2, 0.25) is 0 Å². The Bertz CT molecular complexity index is 538. The van der Waals surface area contributed by atoms with Gasteiger partial charge in [-0.2, -0.15) is 5.10 Å². The molecule has 0 fully saturated rings. The minimum atomic E-state index is -0.902. The monoisotopic (exact) mass is 334 g/mol. The lowest BCUT2D eigenvalue weighted by molar-refractivity contribution is 0.0697. The van der Waals surface area contributed by atoms with Crippen molar-refractivity contribution >= 4 is 45.3 Å². The number of hydrogen-bond donors (Lipinski definition) is 1. The van der Waals surface area contributed by atoms with Gasteiger partial charge in [0.25, 0.3) is 0 Å². The molecule has 1 unspecified atom stereocenters. The number of aromatic nitrogens is 2. The van der Waals surface area contributed by atoms with Crippen LogP contribution in [0, 0.1) is 6.92 Å². The number of aromatic carboxylic acids is 1. The van der Waals surface area contributed by atoms with Gasteiger partial charge in [0.15, 0.2) is 0 Å². The van der Waals surface area contributed by atoms with E-state index in [1.807, 2.05) is 17.4 Å². The number of benzene rings is 1. The van der Waals surface area contributed by atoms with Crippen molar-refractivity contribution in [3.8, 4) is 0 Å². The number of carboxylic acids is 1. The first-order valence-electron chi connectivity index (χ1n) is 4.23. The third-order valence-electron chi connectivity index (χ3n) is 2.19. The molecule has 6 heteroatoms. The van der Waals surface area contributed by atoms with Crippen molar-refractivity contribution in [1.82, 2.24) is 9.55 Å². The number of halogens is 1. The number of nitrogens with zero attached hydrogens (tertiary/aromatic N) is 2. The van der Waals surface area contributed by atoms with Crippen molar-refractivity contribution in [2.45, 2.75) is 6.92 Å². The van der Waals surface area contributed by atoms with Crippen LogP contribution in [0.2, 0.25) is 0 Å². The van der Waals surface area contributed by atoms with Crippen molar-refractivity contribution in [1.29, 1.82) is 0 Å². The van der Waals surface area contributed by atoms with E-state index in [2.05, 4.69) is 27.1 Å². The fraction of sp³-hybridized carbons (Fsp3) is 0.111. The Morgan fingerprint density at radius 2 is 2.33 bits per heavy atom. The minimum absolute atomic E-state index is 0.307. The van der Waals surface area contributed by atoms with E-state index >= 15 is 0 Å². The number of hydrogen-bond acceptors (Lipinski definition) is 2. The lowest BCUT2D eigenvalue weighted by Crippen LogP contribution is -1.95. The SMILES string of the molecule is Cc1nn(PI)c2ccc(C(=O)O)cc12. The Balaban J connectivity index is 2.72. The molecule has 1 heterocycles. The van der Waals surface area contributed by atoms with Gasteiger partial charge in [-0.1, -0.05) is 0 Å². The highest BCUT2D eigenvalue weighted by molar-refractivity contribution is 14.2. The van der Waals surface area contributed by atoms with E-state index in [1.165, 1.54) is 0 Å². The Labute approximate surface area is 101 Å². The summed E-state index contributed by atoms with van der Waals surface area (Å²) in [4.78, 5) is 10.8. The van der Waals surface area contributed by atoms with Crippen molar-refractivity contribution in [2.75, 3.05) is 0 Å². The van der Waals surface area contributed by atoms with Gasteiger partial charge in [-0.15, -0.1) is 0 Å². The van der Waals surface area contributed by atoms with Crippen LogP contribution in [0.3, 0.4) is 0 Å². The van der Waals surface area contributed by atoms with E-state index < -0.39 is 5.97 Å². The predicted octanol–water partition coefficient (Wildman–Crippen LogP) is 2.83. The molecule has 78 valence electrons. The lowest BCUT2D eigenvalue weighted by Gasteiger charge is -1.97. The molecule has 0 amide bonds. The highest BCUT2D eigenvalue weighted by atomic mass is 127. The molecule has 0 aliphatic rings. The summed E-state index contributed by atoms with van der Waals surface area (Å²) in [5.74, 6) is -0.902. The molecule has 1 N–H and O–H groups in total. The summed E-state index contributed by atoms with van der Waals surface area (Å²) in [7, 11) is 0. The van der Waals surface area contributed by atoms with Gasteiger partial charge < -0.3 is 5.11 Å². The lowest BCUT2D eigenvalue weighted by atomic mass is 10.1. The maximum Gasteiger partial charge on any atom is 0.335 e. The highest BCUT2D eigenvalue weighted by Crippen LogP contribution is 2.30. The molecule has 0 saturated heterocycles. The van der Waals surface area contributed by atoms with Crippen LogP contribution in [0.4, 0.5) is 0 Å². The normalized spacial score (nSPS) is 11.6. The molecule has 15 heavy (non-hydrogen) atoms. The van der Waals surface area contributed by atoms with E-state index in [-0.39, 0.29) is 0 Å². The van der Waals surface area contributed by atoms with E-state index in [0.29, 0.717) is 11.9 Å². The minimum Gasteiger partial charge on any atom is -0.478 e. The van der Waals surface area contributed by atoms with Crippen LogP contribution < -0.4 is 0 Å². The zero-order chi connectivity index (χ0) is 11.0.